The van der Waals surface area contributed by atoms with Crippen LogP contribution in [-0.4, -0.2) is 144 Å². The van der Waals surface area contributed by atoms with Crippen LogP contribution in [-0.2, 0) is 36.8 Å². The van der Waals surface area contributed by atoms with Gasteiger partial charge in [-0.15, -0.1) is 97.7 Å². The SMILES string of the molecule is CCOC(=O)Nc1c(F)ccc(OC(F)(F)F)c1C#C[Si](C)(C)C.CCOC(=O)Nc1c(F)ccc(OC(F)(F)F)c1I.CCOC(=O)Nc1cc(OC(F)(F)F)ccc1F.COCCn1cc(C(=O)C(F)(F)F)c2c(OC(F)(F)F)ccc(F)c21.COCCn1ccc2c(OC(F)(F)F)ccc(F)c21.Fc1ccc(OC(F)(F)F)c2cc[nH]c12.Nc1cc(OC(F)(F)F)ccc1F. The second kappa shape index (κ2) is 48.1. The summed E-state index contributed by atoms with van der Waals surface area (Å²) in [6, 6.07) is 15.4. The number of aromatic amines is 1. The van der Waals surface area contributed by atoms with Gasteiger partial charge >= 0.3 is 69.0 Å². The Balaban J connectivity index is 0.000000327. The molecule has 0 saturated heterocycles. The third kappa shape index (κ3) is 38.9. The van der Waals surface area contributed by atoms with E-state index in [1.807, 2.05) is 30.3 Å². The van der Waals surface area contributed by atoms with E-state index >= 15 is 0 Å². The van der Waals surface area contributed by atoms with Crippen LogP contribution in [0.4, 0.5) is 173 Å². The highest BCUT2D eigenvalue weighted by atomic mass is 127. The standard InChI is InChI=1S/C15H17F4NO3Si.C14H10F7NO3.C12H11F4NO2.C10H8F4INO3.C10H9F4NO3.C9H5F4NO.C7H5F4NO/c1-5-22-14(21)20-13-10(8-9-24(2,3)4)12(7-6-11(13)16)23-15(17,18)19;1-24-5-4-22-6-7(12(23)13(16,17)18)10-9(25-14(19,20)21)3-2-8(15)11(10)22;1-18-7-6-17-5-4-8-10(19-12(14,15)16)3-2-9(13)11(8)17;1-2-18-9(17)16-8-5(11)3-4-6(7(8)15)19-10(12,13)14;1-2-17-9(16)15-8-5-6(3-4-7(8)11)18-10(12,13)14;10-6-1-2-7(15-9(11,12)13)5-3-4-14-8(5)6;8-5-2-1-4(3-6(5)12)13-7(9,10)11/h6-7H,5H2,1-4H3,(H,20,21);2-3,6H,4-5H2,1H3;2-5H,6-7H2,1H3;3-4H,2H2,1H3,(H,16,17);3-5H,2H2,1H3,(H,15,16);1-4,14H;1-3H,12H2. The van der Waals surface area contributed by atoms with Crippen molar-refractivity contribution in [3.63, 3.8) is 0 Å². The van der Waals surface area contributed by atoms with Gasteiger partial charge in [-0.05, 0) is 140 Å². The van der Waals surface area contributed by atoms with Crippen LogP contribution in [0.15, 0.2) is 128 Å². The topological polar surface area (TPSA) is 267 Å². The number of H-pyrrole nitrogens is 1. The molecule has 7 aromatic carbocycles. The molecule has 23 nitrogen and oxygen atoms in total. The van der Waals surface area contributed by atoms with Crippen molar-refractivity contribution in [2.45, 2.75) is 104 Å². The molecule has 3 aromatic heterocycles. The van der Waals surface area contributed by atoms with Gasteiger partial charge in [0.25, 0.3) is 5.78 Å². The zero-order valence-electron chi connectivity index (χ0n) is 68.2. The van der Waals surface area contributed by atoms with Gasteiger partial charge in [-0.3, -0.25) is 20.7 Å². The van der Waals surface area contributed by atoms with E-state index in [2.05, 4.69) is 69.1 Å². The number of carbonyl (C=O) groups excluding carboxylic acids is 4. The van der Waals surface area contributed by atoms with Crippen molar-refractivity contribution in [2.24, 2.45) is 0 Å². The first-order valence-electron chi connectivity index (χ1n) is 36.0. The molecule has 0 unspecified atom stereocenters. The van der Waals surface area contributed by atoms with Gasteiger partial charge in [-0.1, -0.05) is 25.6 Å². The van der Waals surface area contributed by atoms with E-state index in [1.165, 1.54) is 86.7 Å². The van der Waals surface area contributed by atoms with Crippen LogP contribution in [0.1, 0.15) is 36.7 Å². The molecule has 10 rings (SSSR count). The lowest BCUT2D eigenvalue weighted by molar-refractivity contribution is -0.275. The number of ketones is 1. The van der Waals surface area contributed by atoms with E-state index in [4.69, 9.17) is 15.2 Å². The minimum absolute atomic E-state index is 0.00301. The highest BCUT2D eigenvalue weighted by molar-refractivity contribution is 14.1. The molecule has 0 aliphatic heterocycles. The number of nitrogens with one attached hydrogen (secondary N) is 4. The van der Waals surface area contributed by atoms with Gasteiger partial charge in [0, 0.05) is 68.8 Å². The number of Topliss-reactive ketones (excluding diaryl/α,β-unsaturated/α-hetero) is 1. The number of alkyl halides is 24. The number of aromatic nitrogens is 3. The minimum atomic E-state index is -5.36. The third-order valence-corrected chi connectivity index (χ3v) is 16.7. The van der Waals surface area contributed by atoms with Gasteiger partial charge in [0.2, 0.25) is 0 Å². The van der Waals surface area contributed by atoms with Crippen molar-refractivity contribution >= 4 is 110 Å². The summed E-state index contributed by atoms with van der Waals surface area (Å²) in [4.78, 5) is 47.7. The summed E-state index contributed by atoms with van der Waals surface area (Å²) in [5.41, 5.74) is 3.96. The lowest BCUT2D eigenvalue weighted by Crippen LogP contribution is -2.23. The fraction of sp³-hybridized carbons (Fsp3) is 0.299. The number of rotatable bonds is 20. The summed E-state index contributed by atoms with van der Waals surface area (Å²) >= 11 is 1.43. The van der Waals surface area contributed by atoms with Crippen molar-refractivity contribution < 1.29 is 212 Å². The molecule has 10 aromatic rings. The number of nitrogens with two attached hydrogens (primary N) is 1. The van der Waals surface area contributed by atoms with E-state index in [1.54, 1.807) is 0 Å². The van der Waals surface area contributed by atoms with Crippen molar-refractivity contribution in [1.82, 2.24) is 14.1 Å². The van der Waals surface area contributed by atoms with Gasteiger partial charge in [0.05, 0.1) is 92.4 Å². The van der Waals surface area contributed by atoms with Crippen molar-refractivity contribution in [3.8, 4) is 51.7 Å². The second-order valence-electron chi connectivity index (χ2n) is 25.7. The molecule has 0 fully saturated rings. The maximum absolute atomic E-state index is 14.1. The normalized spacial score (nSPS) is 11.7. The first-order chi connectivity index (χ1) is 61.2. The number of hydrogen-bond donors (Lipinski definition) is 5. The Kier molecular flexibility index (Phi) is 40.7. The van der Waals surface area contributed by atoms with Crippen LogP contribution in [0, 0.1) is 55.8 Å². The largest absolute Gasteiger partial charge is 0.573 e. The number of amides is 3. The molecule has 0 atom stereocenters. The number of halogens is 32. The highest BCUT2D eigenvalue weighted by Gasteiger charge is 2.44. The first-order valence-corrected chi connectivity index (χ1v) is 40.5. The van der Waals surface area contributed by atoms with Gasteiger partial charge < -0.3 is 76.7 Å². The highest BCUT2D eigenvalue weighted by Crippen LogP contribution is 2.42. The number of nitrogens with zero attached hydrogens (tertiary/aromatic N) is 2. The number of anilines is 4. The third-order valence-electron chi connectivity index (χ3n) is 14.7. The van der Waals surface area contributed by atoms with Crippen LogP contribution >= 0.6 is 22.6 Å². The fourth-order valence-electron chi connectivity index (χ4n) is 9.87. The maximum atomic E-state index is 14.1. The predicted octanol–water partition coefficient (Wildman–Crippen LogP) is 24.6. The molecule has 0 aliphatic rings. The summed E-state index contributed by atoms with van der Waals surface area (Å²) in [6.07, 6.45) is -39.2. The number of methoxy groups -OCH3 is 2. The maximum Gasteiger partial charge on any atom is 0.573 e. The van der Waals surface area contributed by atoms with Gasteiger partial charge in [0.1, 0.15) is 89.0 Å². The second-order valence-corrected chi connectivity index (χ2v) is 31.5. The van der Waals surface area contributed by atoms with Crippen molar-refractivity contribution in [1.29, 1.82) is 0 Å². The Labute approximate surface area is 741 Å². The number of carbonyl (C=O) groups is 4. The number of nitrogen functional groups attached to an aromatic ring is 1. The smallest absolute Gasteiger partial charge is 0.450 e. The molecular formula is C77H65F31IN7O16Si. The van der Waals surface area contributed by atoms with E-state index in [9.17, 15) is 155 Å². The molecule has 3 heterocycles. The van der Waals surface area contributed by atoms with E-state index in [-0.39, 0.29) is 69.6 Å². The van der Waals surface area contributed by atoms with Crippen LogP contribution in [0.3, 0.4) is 0 Å². The number of fused-ring (bicyclic) bond motifs is 3. The Morgan fingerprint density at radius 2 is 0.827 bits per heavy atom. The Morgan fingerprint density at radius 1 is 0.436 bits per heavy atom. The fourth-order valence-corrected chi connectivity index (χ4v) is 11.1. The average molecular weight is 2090 g/mol. The predicted molar refractivity (Wildman–Crippen MR) is 418 cm³/mol. The monoisotopic (exact) mass is 2090 g/mol. The molecule has 0 bridgehead atoms. The molecule has 0 radical (unpaired) electrons. The summed E-state index contributed by atoms with van der Waals surface area (Å²) in [6.45, 7) is 10.7. The lowest BCUT2D eigenvalue weighted by atomic mass is 10.1. The number of benzene rings is 7. The molecule has 0 saturated carbocycles. The molecule has 0 aliphatic carbocycles. The van der Waals surface area contributed by atoms with Crippen LogP contribution in [0.2, 0.25) is 19.6 Å². The Bertz CT molecular complexity index is 5640. The molecule has 133 heavy (non-hydrogen) atoms. The summed E-state index contributed by atoms with van der Waals surface area (Å²) in [7, 11) is 0.771. The quantitative estimate of drug-likeness (QED) is 0.00903. The molecule has 56 heteroatoms. The number of hydrogen-bond acceptors (Lipinski definition) is 17. The summed E-state index contributed by atoms with van der Waals surface area (Å²) < 4.78 is 438. The Morgan fingerprint density at radius 3 is 1.30 bits per heavy atom. The molecule has 6 N–H and O–H groups in total. The van der Waals surface area contributed by atoms with Gasteiger partial charge in [-0.2, -0.15) is 13.2 Å². The molecule has 732 valence electrons. The molecular weight excluding hydrogens is 2020 g/mol. The van der Waals surface area contributed by atoms with Gasteiger partial charge in [-0.25, -0.2) is 45.1 Å². The molecule has 0 spiro atoms. The average Bonchev–Trinajstić information content (AvgIpc) is 1.60. The zero-order valence-corrected chi connectivity index (χ0v) is 71.3. The summed E-state index contributed by atoms with van der Waals surface area (Å²) in [5.74, 6) is -10.2. The van der Waals surface area contributed by atoms with E-state index in [0.29, 0.717) is 37.5 Å². The van der Waals surface area contributed by atoms with Crippen LogP contribution in [0.25, 0.3) is 32.7 Å². The van der Waals surface area contributed by atoms with E-state index < -0.39 is 197 Å². The van der Waals surface area contributed by atoms with Crippen LogP contribution < -0.4 is 54.8 Å². The zero-order chi connectivity index (χ0) is 101. The van der Waals surface area contributed by atoms with Crippen LogP contribution in [0.5, 0.6) is 40.2 Å². The van der Waals surface area contributed by atoms with Crippen molar-refractivity contribution in [3.05, 3.63) is 183 Å². The van der Waals surface area contributed by atoms with E-state index in [0.717, 1.165) is 83.4 Å². The van der Waals surface area contributed by atoms with Gasteiger partial charge in [0.15, 0.2) is 0 Å². The molecule has 3 amide bonds. The number of ether oxygens (including phenoxy) is 12. The first kappa shape index (κ1) is 113. The Hall–Kier alpha value is -12.7. The summed E-state index contributed by atoms with van der Waals surface area (Å²) in [5, 5.41) is 5.27. The minimum Gasteiger partial charge on any atom is -0.450 e. The van der Waals surface area contributed by atoms with Crippen molar-refractivity contribution in [2.75, 3.05) is 68.9 Å². The lowest BCUT2D eigenvalue weighted by Gasteiger charge is -2.15.